The molecule has 0 bridgehead atoms. The average molecular weight is 271 g/mol. The first kappa shape index (κ1) is 14.5. The monoisotopic (exact) mass is 271 g/mol. The number of esters is 1. The molecule has 1 aromatic heterocycles. The highest BCUT2D eigenvalue weighted by Gasteiger charge is 2.20. The van der Waals surface area contributed by atoms with Gasteiger partial charge in [0.15, 0.2) is 0 Å². The zero-order valence-electron chi connectivity index (χ0n) is 12.1. The Morgan fingerprint density at radius 3 is 2.85 bits per heavy atom. The number of carbonyl (C=O) groups excluding carboxylic acids is 1. The normalized spacial score (nSPS) is 12.3. The molecular formula is C17H21NO2. The van der Waals surface area contributed by atoms with Crippen LogP contribution in [0, 0.1) is 5.92 Å². The first-order chi connectivity index (χ1) is 9.76. The second-order valence-electron chi connectivity index (χ2n) is 5.05. The van der Waals surface area contributed by atoms with Gasteiger partial charge in [-0.2, -0.15) is 0 Å². The number of aromatic nitrogens is 1. The van der Waals surface area contributed by atoms with Gasteiger partial charge < -0.3 is 4.74 Å². The molecule has 0 radical (unpaired) electrons. The predicted octanol–water partition coefficient (Wildman–Crippen LogP) is 3.76. The molecule has 0 saturated heterocycles. The molecule has 0 amide bonds. The largest absolute Gasteiger partial charge is 0.469 e. The van der Waals surface area contributed by atoms with E-state index >= 15 is 0 Å². The van der Waals surface area contributed by atoms with Gasteiger partial charge in [0.2, 0.25) is 0 Å². The fourth-order valence-electron chi connectivity index (χ4n) is 2.52. The second-order valence-corrected chi connectivity index (χ2v) is 5.05. The molecule has 1 heterocycles. The highest BCUT2D eigenvalue weighted by Crippen LogP contribution is 2.22. The van der Waals surface area contributed by atoms with Gasteiger partial charge in [-0.3, -0.25) is 9.78 Å². The number of methoxy groups -OCH3 is 1. The standard InChI is InChI=1S/C17H21NO2/c1-3-4-7-14(17(19)20-2)12-13-10-11-18-16-9-6-5-8-15(13)16/h5-6,8-11,14H,3-4,7,12H2,1-2H3. The summed E-state index contributed by atoms with van der Waals surface area (Å²) in [7, 11) is 1.46. The Kier molecular flexibility index (Phi) is 5.10. The van der Waals surface area contributed by atoms with E-state index in [1.807, 2.05) is 30.5 Å². The van der Waals surface area contributed by atoms with E-state index in [1.54, 1.807) is 0 Å². The fraction of sp³-hybridized carbons (Fsp3) is 0.412. The number of carbonyl (C=O) groups is 1. The molecule has 1 atom stereocenters. The van der Waals surface area contributed by atoms with E-state index in [0.29, 0.717) is 0 Å². The van der Waals surface area contributed by atoms with E-state index in [0.717, 1.165) is 36.6 Å². The minimum absolute atomic E-state index is 0.0641. The maximum atomic E-state index is 11.9. The number of fused-ring (bicyclic) bond motifs is 1. The molecule has 0 fully saturated rings. The third kappa shape index (κ3) is 3.35. The third-order valence-electron chi connectivity index (χ3n) is 3.65. The summed E-state index contributed by atoms with van der Waals surface area (Å²) in [6.45, 7) is 2.14. The zero-order chi connectivity index (χ0) is 14.4. The summed E-state index contributed by atoms with van der Waals surface area (Å²) < 4.78 is 4.94. The van der Waals surface area contributed by atoms with E-state index in [-0.39, 0.29) is 11.9 Å². The summed E-state index contributed by atoms with van der Waals surface area (Å²) in [5.41, 5.74) is 2.14. The number of rotatable bonds is 6. The van der Waals surface area contributed by atoms with Gasteiger partial charge in [0, 0.05) is 11.6 Å². The van der Waals surface area contributed by atoms with Crippen LogP contribution in [0.5, 0.6) is 0 Å². The quantitative estimate of drug-likeness (QED) is 0.751. The maximum Gasteiger partial charge on any atom is 0.308 e. The van der Waals surface area contributed by atoms with Crippen molar-refractivity contribution in [3.8, 4) is 0 Å². The summed E-state index contributed by atoms with van der Waals surface area (Å²) in [5.74, 6) is -0.176. The smallest absolute Gasteiger partial charge is 0.308 e. The lowest BCUT2D eigenvalue weighted by atomic mass is 9.92. The fourth-order valence-corrected chi connectivity index (χ4v) is 2.52. The number of para-hydroxylation sites is 1. The summed E-state index contributed by atoms with van der Waals surface area (Å²) in [4.78, 5) is 16.3. The molecule has 2 rings (SSSR count). The first-order valence-corrected chi connectivity index (χ1v) is 7.16. The van der Waals surface area contributed by atoms with E-state index in [4.69, 9.17) is 4.74 Å². The number of nitrogens with zero attached hydrogens (tertiary/aromatic N) is 1. The van der Waals surface area contributed by atoms with Gasteiger partial charge in [-0.1, -0.05) is 38.0 Å². The number of unbranched alkanes of at least 4 members (excludes halogenated alkanes) is 1. The van der Waals surface area contributed by atoms with Gasteiger partial charge in [0.25, 0.3) is 0 Å². The van der Waals surface area contributed by atoms with Crippen LogP contribution < -0.4 is 0 Å². The van der Waals surface area contributed by atoms with E-state index < -0.39 is 0 Å². The molecule has 0 saturated carbocycles. The molecule has 0 aliphatic rings. The van der Waals surface area contributed by atoms with Crippen molar-refractivity contribution in [3.05, 3.63) is 42.1 Å². The number of hydrogen-bond acceptors (Lipinski definition) is 3. The molecule has 3 heteroatoms. The molecule has 2 aromatic rings. The van der Waals surface area contributed by atoms with Crippen molar-refractivity contribution in [1.29, 1.82) is 0 Å². The molecule has 1 unspecified atom stereocenters. The molecule has 0 N–H and O–H groups in total. The van der Waals surface area contributed by atoms with Gasteiger partial charge in [-0.25, -0.2) is 0 Å². The number of ether oxygens (including phenoxy) is 1. The van der Waals surface area contributed by atoms with E-state index in [2.05, 4.69) is 18.0 Å². The molecule has 3 nitrogen and oxygen atoms in total. The van der Waals surface area contributed by atoms with Gasteiger partial charge >= 0.3 is 5.97 Å². The minimum atomic E-state index is -0.112. The third-order valence-corrected chi connectivity index (χ3v) is 3.65. The van der Waals surface area contributed by atoms with Crippen molar-refractivity contribution < 1.29 is 9.53 Å². The molecule has 20 heavy (non-hydrogen) atoms. The van der Waals surface area contributed by atoms with Crippen molar-refractivity contribution >= 4 is 16.9 Å². The Hall–Kier alpha value is -1.90. The lowest BCUT2D eigenvalue weighted by Crippen LogP contribution is -2.19. The van der Waals surface area contributed by atoms with Crippen LogP contribution >= 0.6 is 0 Å². The van der Waals surface area contributed by atoms with Crippen LogP contribution in [0.25, 0.3) is 10.9 Å². The summed E-state index contributed by atoms with van der Waals surface area (Å²) >= 11 is 0. The van der Waals surface area contributed by atoms with Crippen LogP contribution in [0.4, 0.5) is 0 Å². The summed E-state index contributed by atoms with van der Waals surface area (Å²) in [6, 6.07) is 10.1. The van der Waals surface area contributed by atoms with Crippen molar-refractivity contribution in [2.45, 2.75) is 32.6 Å². The minimum Gasteiger partial charge on any atom is -0.469 e. The van der Waals surface area contributed by atoms with Gasteiger partial charge in [0.1, 0.15) is 0 Å². The number of benzene rings is 1. The SMILES string of the molecule is CCCCC(Cc1ccnc2ccccc12)C(=O)OC. The molecular weight excluding hydrogens is 250 g/mol. The molecule has 1 aromatic carbocycles. The molecule has 0 aliphatic heterocycles. The highest BCUT2D eigenvalue weighted by molar-refractivity contribution is 5.82. The summed E-state index contributed by atoms with van der Waals surface area (Å²) in [5, 5.41) is 1.13. The van der Waals surface area contributed by atoms with Crippen LogP contribution in [0.15, 0.2) is 36.5 Å². The zero-order valence-corrected chi connectivity index (χ0v) is 12.1. The lowest BCUT2D eigenvalue weighted by molar-refractivity contribution is -0.145. The van der Waals surface area contributed by atoms with Crippen LogP contribution in [0.2, 0.25) is 0 Å². The van der Waals surface area contributed by atoms with Crippen molar-refractivity contribution in [1.82, 2.24) is 4.98 Å². The van der Waals surface area contributed by atoms with E-state index in [1.165, 1.54) is 12.7 Å². The van der Waals surface area contributed by atoms with Crippen molar-refractivity contribution in [3.63, 3.8) is 0 Å². The Bertz CT molecular complexity index is 575. The maximum absolute atomic E-state index is 11.9. The predicted molar refractivity (Wildman–Crippen MR) is 80.5 cm³/mol. The Morgan fingerprint density at radius 1 is 1.30 bits per heavy atom. The van der Waals surface area contributed by atoms with Crippen molar-refractivity contribution in [2.75, 3.05) is 7.11 Å². The highest BCUT2D eigenvalue weighted by atomic mass is 16.5. The van der Waals surface area contributed by atoms with Gasteiger partial charge in [-0.15, -0.1) is 0 Å². The van der Waals surface area contributed by atoms with Crippen LogP contribution in [0.3, 0.4) is 0 Å². The van der Waals surface area contributed by atoms with Gasteiger partial charge in [0.05, 0.1) is 18.5 Å². The summed E-state index contributed by atoms with van der Waals surface area (Å²) in [6.07, 6.45) is 5.54. The average Bonchev–Trinajstić information content (AvgIpc) is 2.50. The van der Waals surface area contributed by atoms with Crippen LogP contribution in [0.1, 0.15) is 31.7 Å². The van der Waals surface area contributed by atoms with Gasteiger partial charge in [-0.05, 0) is 30.5 Å². The van der Waals surface area contributed by atoms with E-state index in [9.17, 15) is 4.79 Å². The molecule has 0 aliphatic carbocycles. The molecule has 0 spiro atoms. The number of hydrogen-bond donors (Lipinski definition) is 0. The van der Waals surface area contributed by atoms with Crippen LogP contribution in [-0.2, 0) is 16.0 Å². The van der Waals surface area contributed by atoms with Crippen molar-refractivity contribution in [2.24, 2.45) is 5.92 Å². The lowest BCUT2D eigenvalue weighted by Gasteiger charge is -2.15. The first-order valence-electron chi connectivity index (χ1n) is 7.16. The second kappa shape index (κ2) is 7.04. The molecule has 106 valence electrons. The Labute approximate surface area is 120 Å². The van der Waals surface area contributed by atoms with Crippen LogP contribution in [-0.4, -0.2) is 18.1 Å². The Balaban J connectivity index is 2.25. The topological polar surface area (TPSA) is 39.2 Å². The Morgan fingerprint density at radius 2 is 2.10 bits per heavy atom. The number of pyridine rings is 1.